The van der Waals surface area contributed by atoms with E-state index in [9.17, 15) is 9.90 Å². The summed E-state index contributed by atoms with van der Waals surface area (Å²) in [5.41, 5.74) is 7.18. The highest BCUT2D eigenvalue weighted by atomic mass is 16.3. The number of phenolic OH excluding ortho intramolecular Hbond substituents is 1. The van der Waals surface area contributed by atoms with Crippen LogP contribution in [0.1, 0.15) is 33.9 Å². The Morgan fingerprint density at radius 1 is 1.67 bits per heavy atom. The van der Waals surface area contributed by atoms with Crippen molar-refractivity contribution in [2.24, 2.45) is 5.73 Å². The summed E-state index contributed by atoms with van der Waals surface area (Å²) in [6.45, 7) is 1.80. The van der Waals surface area contributed by atoms with Gasteiger partial charge in [-0.15, -0.1) is 0 Å². The second-order valence-electron chi connectivity index (χ2n) is 3.38. The van der Waals surface area contributed by atoms with Crippen LogP contribution in [0.5, 0.6) is 5.75 Å². The monoisotopic (exact) mass is 204 g/mol. The van der Waals surface area contributed by atoms with E-state index in [1.54, 1.807) is 19.1 Å². The number of rotatable bonds is 3. The third kappa shape index (κ3) is 2.33. The Labute approximate surface area is 87.9 Å². The van der Waals surface area contributed by atoms with Crippen molar-refractivity contribution in [2.75, 3.05) is 0 Å². The zero-order valence-corrected chi connectivity index (χ0v) is 8.40. The van der Waals surface area contributed by atoms with E-state index in [0.29, 0.717) is 11.8 Å². The first-order valence-corrected chi connectivity index (χ1v) is 4.51. The normalized spacial score (nSPS) is 11.8. The van der Waals surface area contributed by atoms with Crippen LogP contribution in [0.4, 0.5) is 0 Å². The first-order chi connectivity index (χ1) is 7.10. The molecule has 0 aliphatic rings. The molecule has 1 aromatic rings. The van der Waals surface area contributed by atoms with Crippen LogP contribution in [0.2, 0.25) is 0 Å². The zero-order valence-electron chi connectivity index (χ0n) is 8.40. The van der Waals surface area contributed by atoms with Crippen molar-refractivity contribution < 1.29 is 9.90 Å². The topological polar surface area (TPSA) is 87.1 Å². The van der Waals surface area contributed by atoms with Gasteiger partial charge in [0, 0.05) is 11.6 Å². The van der Waals surface area contributed by atoms with Crippen LogP contribution in [0.3, 0.4) is 0 Å². The lowest BCUT2D eigenvalue weighted by atomic mass is 9.98. The maximum Gasteiger partial charge on any atom is 0.153 e. The van der Waals surface area contributed by atoms with Crippen molar-refractivity contribution in [1.82, 2.24) is 0 Å². The maximum absolute atomic E-state index is 10.6. The Morgan fingerprint density at radius 2 is 2.33 bits per heavy atom. The van der Waals surface area contributed by atoms with Crippen LogP contribution >= 0.6 is 0 Å². The number of carbonyl (C=O) groups excluding carboxylic acids is 1. The van der Waals surface area contributed by atoms with Gasteiger partial charge in [-0.1, -0.05) is 6.07 Å². The van der Waals surface area contributed by atoms with Gasteiger partial charge in [0.15, 0.2) is 6.29 Å². The average Bonchev–Trinajstić information content (AvgIpc) is 2.21. The van der Waals surface area contributed by atoms with Gasteiger partial charge < -0.3 is 10.8 Å². The summed E-state index contributed by atoms with van der Waals surface area (Å²) in [6.07, 6.45) is 0.681. The Kier molecular flexibility index (Phi) is 3.42. The van der Waals surface area contributed by atoms with Crippen molar-refractivity contribution in [2.45, 2.75) is 19.4 Å². The van der Waals surface area contributed by atoms with Gasteiger partial charge in [0.2, 0.25) is 0 Å². The molecule has 0 aliphatic heterocycles. The lowest BCUT2D eigenvalue weighted by molar-refractivity contribution is 0.112. The van der Waals surface area contributed by atoms with Crippen LogP contribution < -0.4 is 5.73 Å². The summed E-state index contributed by atoms with van der Waals surface area (Å²) in [7, 11) is 0. The number of hydrogen-bond acceptors (Lipinski definition) is 4. The molecule has 78 valence electrons. The Balaban J connectivity index is 3.23. The fraction of sp³-hybridized carbons (Fsp3) is 0.273. The molecule has 0 aromatic heterocycles. The summed E-state index contributed by atoms with van der Waals surface area (Å²) in [5.74, 6) is -0.127. The first-order valence-electron chi connectivity index (χ1n) is 4.51. The number of aryl methyl sites for hydroxylation is 1. The second kappa shape index (κ2) is 4.58. The molecule has 0 fully saturated rings. The van der Waals surface area contributed by atoms with E-state index in [0.717, 1.165) is 5.56 Å². The summed E-state index contributed by atoms with van der Waals surface area (Å²) >= 11 is 0. The molecule has 0 aliphatic carbocycles. The number of nitriles is 1. The molecular formula is C11H12N2O2. The molecule has 0 heterocycles. The van der Waals surface area contributed by atoms with Crippen LogP contribution in [0, 0.1) is 18.3 Å². The number of aromatic hydroxyl groups is 1. The van der Waals surface area contributed by atoms with Gasteiger partial charge in [0.25, 0.3) is 0 Å². The molecule has 0 unspecified atom stereocenters. The molecule has 1 aromatic carbocycles. The van der Waals surface area contributed by atoms with Crippen LogP contribution in [0.25, 0.3) is 0 Å². The molecule has 0 amide bonds. The number of hydrogen-bond donors (Lipinski definition) is 2. The quantitative estimate of drug-likeness (QED) is 0.729. The lowest BCUT2D eigenvalue weighted by Crippen LogP contribution is -2.10. The highest BCUT2D eigenvalue weighted by Gasteiger charge is 2.14. The first kappa shape index (κ1) is 11.2. The predicted octanol–water partition coefficient (Wildman–Crippen LogP) is 1.43. The van der Waals surface area contributed by atoms with E-state index < -0.39 is 6.04 Å². The van der Waals surface area contributed by atoms with E-state index in [1.165, 1.54) is 0 Å². The zero-order chi connectivity index (χ0) is 11.4. The molecule has 15 heavy (non-hydrogen) atoms. The van der Waals surface area contributed by atoms with Crippen molar-refractivity contribution in [3.8, 4) is 11.8 Å². The fourth-order valence-corrected chi connectivity index (χ4v) is 1.42. The lowest BCUT2D eigenvalue weighted by Gasteiger charge is -2.12. The molecule has 4 heteroatoms. The third-order valence-corrected chi connectivity index (χ3v) is 2.15. The Morgan fingerprint density at radius 3 is 2.87 bits per heavy atom. The minimum Gasteiger partial charge on any atom is -0.507 e. The van der Waals surface area contributed by atoms with E-state index >= 15 is 0 Å². The number of benzene rings is 1. The van der Waals surface area contributed by atoms with Crippen molar-refractivity contribution >= 4 is 6.29 Å². The van der Waals surface area contributed by atoms with Gasteiger partial charge in [0.05, 0.1) is 18.1 Å². The van der Waals surface area contributed by atoms with Crippen molar-refractivity contribution in [3.05, 3.63) is 28.8 Å². The van der Waals surface area contributed by atoms with E-state index in [4.69, 9.17) is 11.0 Å². The Bertz CT molecular complexity index is 421. The summed E-state index contributed by atoms with van der Waals surface area (Å²) in [5, 5.41) is 18.2. The highest BCUT2D eigenvalue weighted by molar-refractivity contribution is 5.80. The number of phenols is 1. The molecule has 0 spiro atoms. The smallest absolute Gasteiger partial charge is 0.153 e. The standard InChI is InChI=1S/C11H12N2O2/c1-7-4-8(6-14)11(15)9(5-7)10(13)2-3-12/h4-6,10,15H,2,13H2,1H3/t10-/m0/s1. The number of nitrogens with two attached hydrogens (primary N) is 1. The van der Waals surface area contributed by atoms with Gasteiger partial charge in [-0.3, -0.25) is 4.79 Å². The van der Waals surface area contributed by atoms with E-state index in [2.05, 4.69) is 0 Å². The SMILES string of the molecule is Cc1cc(C=O)c(O)c([C@@H](N)CC#N)c1. The molecule has 1 atom stereocenters. The van der Waals surface area contributed by atoms with Crippen LogP contribution in [-0.4, -0.2) is 11.4 Å². The van der Waals surface area contributed by atoms with Gasteiger partial charge in [0.1, 0.15) is 5.75 Å². The number of carbonyl (C=O) groups is 1. The second-order valence-corrected chi connectivity index (χ2v) is 3.38. The van der Waals surface area contributed by atoms with Gasteiger partial charge >= 0.3 is 0 Å². The molecule has 0 saturated heterocycles. The van der Waals surface area contributed by atoms with Crippen molar-refractivity contribution in [3.63, 3.8) is 0 Å². The third-order valence-electron chi connectivity index (χ3n) is 2.15. The van der Waals surface area contributed by atoms with E-state index in [-0.39, 0.29) is 17.7 Å². The largest absolute Gasteiger partial charge is 0.507 e. The minimum absolute atomic E-state index is 0.106. The van der Waals surface area contributed by atoms with Crippen molar-refractivity contribution in [1.29, 1.82) is 5.26 Å². The van der Waals surface area contributed by atoms with Gasteiger partial charge in [-0.25, -0.2) is 0 Å². The maximum atomic E-state index is 10.6. The fourth-order valence-electron chi connectivity index (χ4n) is 1.42. The van der Waals surface area contributed by atoms with Gasteiger partial charge in [-0.05, 0) is 18.6 Å². The Hall–Kier alpha value is -1.86. The molecule has 0 radical (unpaired) electrons. The summed E-state index contributed by atoms with van der Waals surface area (Å²) in [4.78, 5) is 10.6. The predicted molar refractivity (Wildman–Crippen MR) is 55.4 cm³/mol. The molecule has 0 bridgehead atoms. The highest BCUT2D eigenvalue weighted by Crippen LogP contribution is 2.28. The summed E-state index contributed by atoms with van der Waals surface area (Å²) in [6, 6.07) is 4.62. The summed E-state index contributed by atoms with van der Waals surface area (Å²) < 4.78 is 0. The number of aldehydes is 1. The molecule has 1 rings (SSSR count). The molecule has 0 saturated carbocycles. The molecular weight excluding hydrogens is 192 g/mol. The minimum atomic E-state index is -0.561. The van der Waals surface area contributed by atoms with Gasteiger partial charge in [-0.2, -0.15) is 5.26 Å². The number of nitrogens with zero attached hydrogens (tertiary/aromatic N) is 1. The van der Waals surface area contributed by atoms with Crippen LogP contribution in [-0.2, 0) is 0 Å². The molecule has 3 N–H and O–H groups in total. The average molecular weight is 204 g/mol. The van der Waals surface area contributed by atoms with Crippen LogP contribution in [0.15, 0.2) is 12.1 Å². The van der Waals surface area contributed by atoms with E-state index in [1.807, 2.05) is 6.07 Å². The molecule has 4 nitrogen and oxygen atoms in total.